The van der Waals surface area contributed by atoms with Crippen molar-refractivity contribution in [3.05, 3.63) is 5.82 Å². The van der Waals surface area contributed by atoms with Gasteiger partial charge in [-0.05, 0) is 19.1 Å². The molecule has 1 saturated heterocycles. The molecule has 102 valence electrons. The minimum atomic E-state index is 0.0551. The molecule has 0 radical (unpaired) electrons. The normalized spacial score (nSPS) is 22.0. The highest BCUT2D eigenvalue weighted by molar-refractivity contribution is 7.99. The maximum Gasteiger partial charge on any atom is 0.205 e. The second kappa shape index (κ2) is 5.78. The monoisotopic (exact) mass is 285 g/mol. The van der Waals surface area contributed by atoms with E-state index in [1.54, 1.807) is 11.5 Å². The Morgan fingerprint density at radius 1 is 1.33 bits per heavy atom. The van der Waals surface area contributed by atoms with Crippen LogP contribution in [0.15, 0.2) is 0 Å². The van der Waals surface area contributed by atoms with Crippen molar-refractivity contribution in [1.82, 2.24) is 9.36 Å². The maximum atomic E-state index is 4.74. The number of nitrogens with zero attached hydrogens (tertiary/aromatic N) is 3. The van der Waals surface area contributed by atoms with Crippen molar-refractivity contribution < 1.29 is 0 Å². The highest BCUT2D eigenvalue weighted by Gasteiger charge is 2.24. The summed E-state index contributed by atoms with van der Waals surface area (Å²) in [7, 11) is 0. The van der Waals surface area contributed by atoms with E-state index < -0.39 is 0 Å². The molecule has 0 spiro atoms. The van der Waals surface area contributed by atoms with Crippen molar-refractivity contribution >= 4 is 28.4 Å². The Balaban J connectivity index is 2.12. The predicted molar refractivity (Wildman–Crippen MR) is 82.0 cm³/mol. The van der Waals surface area contributed by atoms with Crippen LogP contribution in [-0.4, -0.2) is 34.0 Å². The maximum absolute atomic E-state index is 4.74. The summed E-state index contributed by atoms with van der Waals surface area (Å²) in [5, 5.41) is 1.86. The molecule has 0 N–H and O–H groups in total. The van der Waals surface area contributed by atoms with Crippen molar-refractivity contribution in [2.75, 3.05) is 24.2 Å². The first-order valence-corrected chi connectivity index (χ1v) is 8.69. The molecule has 1 aliphatic rings. The number of hydrogen-bond donors (Lipinski definition) is 0. The van der Waals surface area contributed by atoms with Crippen molar-refractivity contribution in [3.63, 3.8) is 0 Å². The Labute approximate surface area is 119 Å². The van der Waals surface area contributed by atoms with Crippen LogP contribution >= 0.6 is 23.3 Å². The van der Waals surface area contributed by atoms with Crippen LogP contribution < -0.4 is 4.90 Å². The first-order chi connectivity index (χ1) is 8.50. The van der Waals surface area contributed by atoms with E-state index in [0.717, 1.165) is 29.3 Å². The SMILES string of the molecule is CSC1CCCCN(c2nc(C(C)(C)C)ns2)C1. The van der Waals surface area contributed by atoms with E-state index in [2.05, 4.69) is 36.3 Å². The third-order valence-electron chi connectivity index (χ3n) is 3.32. The van der Waals surface area contributed by atoms with E-state index in [-0.39, 0.29) is 5.41 Å². The molecular weight excluding hydrogens is 262 g/mol. The van der Waals surface area contributed by atoms with Gasteiger partial charge in [-0.2, -0.15) is 16.1 Å². The zero-order valence-corrected chi connectivity index (χ0v) is 13.4. The molecule has 0 aliphatic carbocycles. The van der Waals surface area contributed by atoms with Crippen LogP contribution in [0.4, 0.5) is 5.13 Å². The van der Waals surface area contributed by atoms with Gasteiger partial charge >= 0.3 is 0 Å². The summed E-state index contributed by atoms with van der Waals surface area (Å²) in [6, 6.07) is 0. The summed E-state index contributed by atoms with van der Waals surface area (Å²) >= 11 is 3.54. The average Bonchev–Trinajstić information content (AvgIpc) is 2.69. The van der Waals surface area contributed by atoms with Gasteiger partial charge in [0.25, 0.3) is 0 Å². The minimum Gasteiger partial charge on any atom is -0.346 e. The summed E-state index contributed by atoms with van der Waals surface area (Å²) in [6.45, 7) is 8.78. The smallest absolute Gasteiger partial charge is 0.205 e. The topological polar surface area (TPSA) is 29.0 Å². The third kappa shape index (κ3) is 3.38. The molecule has 2 heterocycles. The zero-order chi connectivity index (χ0) is 13.2. The fourth-order valence-corrected chi connectivity index (χ4v) is 3.74. The third-order valence-corrected chi connectivity index (χ3v) is 5.15. The van der Waals surface area contributed by atoms with Gasteiger partial charge in [0.15, 0.2) is 0 Å². The summed E-state index contributed by atoms with van der Waals surface area (Å²) < 4.78 is 4.53. The van der Waals surface area contributed by atoms with Crippen LogP contribution in [0.3, 0.4) is 0 Å². The Morgan fingerprint density at radius 3 is 2.72 bits per heavy atom. The lowest BCUT2D eigenvalue weighted by atomic mass is 9.96. The van der Waals surface area contributed by atoms with E-state index in [9.17, 15) is 0 Å². The number of thioether (sulfide) groups is 1. The van der Waals surface area contributed by atoms with E-state index in [0.29, 0.717) is 0 Å². The Hall–Kier alpha value is -0.290. The second-order valence-corrected chi connectivity index (χ2v) is 7.82. The van der Waals surface area contributed by atoms with E-state index in [1.165, 1.54) is 19.3 Å². The van der Waals surface area contributed by atoms with Gasteiger partial charge in [-0.15, -0.1) is 0 Å². The first kappa shape index (κ1) is 14.1. The average molecular weight is 285 g/mol. The molecule has 18 heavy (non-hydrogen) atoms. The van der Waals surface area contributed by atoms with Crippen molar-refractivity contribution in [1.29, 1.82) is 0 Å². The van der Waals surface area contributed by atoms with Gasteiger partial charge in [0, 0.05) is 35.3 Å². The lowest BCUT2D eigenvalue weighted by molar-refractivity contribution is 0.554. The lowest BCUT2D eigenvalue weighted by Crippen LogP contribution is -2.29. The van der Waals surface area contributed by atoms with Crippen LogP contribution in [0.5, 0.6) is 0 Å². The Kier molecular flexibility index (Phi) is 4.54. The summed E-state index contributed by atoms with van der Waals surface area (Å²) in [6.07, 6.45) is 6.17. The molecule has 5 heteroatoms. The van der Waals surface area contributed by atoms with Gasteiger partial charge in [0.05, 0.1) is 0 Å². The largest absolute Gasteiger partial charge is 0.346 e. The highest BCUT2D eigenvalue weighted by atomic mass is 32.2. The van der Waals surface area contributed by atoms with Crippen LogP contribution in [0.1, 0.15) is 45.9 Å². The lowest BCUT2D eigenvalue weighted by Gasteiger charge is -2.22. The molecule has 1 aromatic rings. The molecule has 1 atom stereocenters. The van der Waals surface area contributed by atoms with E-state index >= 15 is 0 Å². The molecular formula is C13H23N3S2. The molecule has 1 fully saturated rings. The number of aromatic nitrogens is 2. The van der Waals surface area contributed by atoms with Gasteiger partial charge in [0.2, 0.25) is 5.13 Å². The fourth-order valence-electron chi connectivity index (χ4n) is 2.12. The van der Waals surface area contributed by atoms with Crippen molar-refractivity contribution in [3.8, 4) is 0 Å². The molecule has 3 nitrogen and oxygen atoms in total. The van der Waals surface area contributed by atoms with Crippen LogP contribution in [0.25, 0.3) is 0 Å². The Bertz CT molecular complexity index is 384. The number of hydrogen-bond acceptors (Lipinski definition) is 5. The van der Waals surface area contributed by atoms with E-state index in [1.807, 2.05) is 11.8 Å². The Morgan fingerprint density at radius 2 is 2.11 bits per heavy atom. The molecule has 1 aromatic heterocycles. The molecule has 0 aromatic carbocycles. The number of rotatable bonds is 2. The molecule has 1 aliphatic heterocycles. The van der Waals surface area contributed by atoms with Gasteiger partial charge in [-0.3, -0.25) is 0 Å². The molecule has 0 bridgehead atoms. The zero-order valence-electron chi connectivity index (χ0n) is 11.8. The summed E-state index contributed by atoms with van der Waals surface area (Å²) in [5.41, 5.74) is 0.0551. The molecule has 0 amide bonds. The highest BCUT2D eigenvalue weighted by Crippen LogP contribution is 2.28. The van der Waals surface area contributed by atoms with Crippen molar-refractivity contribution in [2.45, 2.75) is 50.7 Å². The van der Waals surface area contributed by atoms with Crippen LogP contribution in [0.2, 0.25) is 0 Å². The van der Waals surface area contributed by atoms with Crippen LogP contribution in [-0.2, 0) is 5.41 Å². The second-order valence-electron chi connectivity index (χ2n) is 5.95. The van der Waals surface area contributed by atoms with Crippen molar-refractivity contribution in [2.24, 2.45) is 0 Å². The van der Waals surface area contributed by atoms with Gasteiger partial charge in [-0.1, -0.05) is 27.2 Å². The van der Waals surface area contributed by atoms with E-state index in [4.69, 9.17) is 4.98 Å². The van der Waals surface area contributed by atoms with Crippen LogP contribution in [0, 0.1) is 0 Å². The number of anilines is 1. The fraction of sp³-hybridized carbons (Fsp3) is 0.846. The van der Waals surface area contributed by atoms with Gasteiger partial charge in [-0.25, -0.2) is 4.98 Å². The standard InChI is InChI=1S/C13H23N3S2/c1-13(2,3)11-14-12(18-15-11)16-8-6-5-7-10(9-16)17-4/h10H,5-9H2,1-4H3. The van der Waals surface area contributed by atoms with Gasteiger partial charge in [0.1, 0.15) is 5.82 Å². The quantitative estimate of drug-likeness (QED) is 0.831. The summed E-state index contributed by atoms with van der Waals surface area (Å²) in [4.78, 5) is 7.17. The first-order valence-electron chi connectivity index (χ1n) is 6.62. The predicted octanol–water partition coefficient (Wildman–Crippen LogP) is 3.56. The minimum absolute atomic E-state index is 0.0551. The molecule has 1 unspecified atom stereocenters. The summed E-state index contributed by atoms with van der Waals surface area (Å²) in [5.74, 6) is 0.979. The molecule has 2 rings (SSSR count). The van der Waals surface area contributed by atoms with Gasteiger partial charge < -0.3 is 4.90 Å². The molecule has 0 saturated carbocycles.